The third kappa shape index (κ3) is 3.87. The number of fused-ring (bicyclic) bond motifs is 2. The van der Waals surface area contributed by atoms with E-state index in [1.165, 1.54) is 17.5 Å². The second-order valence-electron chi connectivity index (χ2n) is 7.72. The Morgan fingerprint density at radius 1 is 1.12 bits per heavy atom. The maximum atomic E-state index is 13.0. The SMILES string of the molecule is O=C(Nc1nc2ccccc2s1)C1CCCN1C(=O)CCn1ncc(=O)c2ccccc21. The van der Waals surface area contributed by atoms with Crippen molar-refractivity contribution >= 4 is 49.4 Å². The van der Waals surface area contributed by atoms with Gasteiger partial charge in [-0.05, 0) is 37.1 Å². The number of aromatic nitrogens is 3. The lowest BCUT2D eigenvalue weighted by Crippen LogP contribution is -2.43. The first-order valence-electron chi connectivity index (χ1n) is 10.5. The van der Waals surface area contributed by atoms with Gasteiger partial charge in [0.1, 0.15) is 6.04 Å². The van der Waals surface area contributed by atoms with Crippen molar-refractivity contribution in [1.29, 1.82) is 0 Å². The molecular weight excluding hydrogens is 426 g/mol. The summed E-state index contributed by atoms with van der Waals surface area (Å²) in [5.74, 6) is -0.307. The number of hydrogen-bond donors (Lipinski definition) is 1. The van der Waals surface area contributed by atoms with Crippen molar-refractivity contribution in [2.45, 2.75) is 31.8 Å². The minimum atomic E-state index is -0.506. The molecule has 32 heavy (non-hydrogen) atoms. The summed E-state index contributed by atoms with van der Waals surface area (Å²) < 4.78 is 2.67. The number of amides is 2. The van der Waals surface area contributed by atoms with Crippen LogP contribution in [0.3, 0.4) is 0 Å². The summed E-state index contributed by atoms with van der Waals surface area (Å²) in [5, 5.41) is 8.18. The zero-order chi connectivity index (χ0) is 22.1. The van der Waals surface area contributed by atoms with Crippen molar-refractivity contribution < 1.29 is 9.59 Å². The molecule has 1 fully saturated rings. The van der Waals surface area contributed by atoms with E-state index in [9.17, 15) is 14.4 Å². The third-order valence-electron chi connectivity index (χ3n) is 5.70. The fourth-order valence-corrected chi connectivity index (χ4v) is 5.01. The highest BCUT2D eigenvalue weighted by Gasteiger charge is 2.34. The van der Waals surface area contributed by atoms with Crippen LogP contribution in [0, 0.1) is 0 Å². The number of carbonyl (C=O) groups is 2. The first-order valence-corrected chi connectivity index (χ1v) is 11.3. The van der Waals surface area contributed by atoms with Gasteiger partial charge >= 0.3 is 0 Å². The van der Waals surface area contributed by atoms with Gasteiger partial charge in [-0.3, -0.25) is 19.1 Å². The molecule has 0 aliphatic carbocycles. The molecule has 0 spiro atoms. The van der Waals surface area contributed by atoms with E-state index >= 15 is 0 Å². The molecule has 3 heterocycles. The first-order chi connectivity index (χ1) is 15.6. The van der Waals surface area contributed by atoms with E-state index < -0.39 is 6.04 Å². The fourth-order valence-electron chi connectivity index (χ4n) is 4.14. The zero-order valence-corrected chi connectivity index (χ0v) is 18.0. The Balaban J connectivity index is 1.27. The van der Waals surface area contributed by atoms with Crippen molar-refractivity contribution in [3.05, 3.63) is 65.0 Å². The molecular formula is C23H21N5O3S. The molecule has 0 bridgehead atoms. The number of nitrogens with zero attached hydrogens (tertiary/aromatic N) is 4. The Morgan fingerprint density at radius 2 is 1.94 bits per heavy atom. The van der Waals surface area contributed by atoms with E-state index in [1.807, 2.05) is 36.4 Å². The van der Waals surface area contributed by atoms with Crippen molar-refractivity contribution in [1.82, 2.24) is 19.7 Å². The first kappa shape index (κ1) is 20.3. The van der Waals surface area contributed by atoms with Crippen LogP contribution in [-0.2, 0) is 16.1 Å². The van der Waals surface area contributed by atoms with E-state index in [0.29, 0.717) is 35.5 Å². The van der Waals surface area contributed by atoms with Crippen LogP contribution >= 0.6 is 11.3 Å². The van der Waals surface area contributed by atoms with Crippen molar-refractivity contribution in [3.63, 3.8) is 0 Å². The summed E-state index contributed by atoms with van der Waals surface area (Å²) >= 11 is 1.42. The Kier molecular flexibility index (Phi) is 5.40. The van der Waals surface area contributed by atoms with Gasteiger partial charge in [0.25, 0.3) is 0 Å². The van der Waals surface area contributed by atoms with Crippen LogP contribution in [0.5, 0.6) is 0 Å². The second-order valence-corrected chi connectivity index (χ2v) is 8.75. The fraction of sp³-hybridized carbons (Fsp3) is 0.261. The molecule has 1 saturated heterocycles. The summed E-state index contributed by atoms with van der Waals surface area (Å²) in [6.45, 7) is 0.886. The van der Waals surface area contributed by atoms with Gasteiger partial charge in [0.15, 0.2) is 5.13 Å². The normalized spacial score (nSPS) is 16.0. The average molecular weight is 448 g/mol. The maximum Gasteiger partial charge on any atom is 0.248 e. The summed E-state index contributed by atoms with van der Waals surface area (Å²) in [5.41, 5.74) is 1.39. The Hall–Kier alpha value is -3.59. The number of para-hydroxylation sites is 2. The number of hydrogen-bond acceptors (Lipinski definition) is 6. The monoisotopic (exact) mass is 447 g/mol. The van der Waals surface area contributed by atoms with E-state index in [0.717, 1.165) is 16.6 Å². The van der Waals surface area contributed by atoms with Crippen LogP contribution in [0.15, 0.2) is 59.5 Å². The number of benzene rings is 2. The number of aryl methyl sites for hydroxylation is 1. The largest absolute Gasteiger partial charge is 0.331 e. The van der Waals surface area contributed by atoms with Gasteiger partial charge in [0, 0.05) is 18.4 Å². The molecule has 4 aromatic rings. The zero-order valence-electron chi connectivity index (χ0n) is 17.2. The van der Waals surface area contributed by atoms with Crippen LogP contribution in [-0.4, -0.2) is 44.1 Å². The number of nitrogens with one attached hydrogen (secondary N) is 1. The Morgan fingerprint density at radius 3 is 2.81 bits per heavy atom. The standard InChI is InChI=1S/C23H21N5O3S/c29-19-14-24-28(17-8-3-1-6-15(17)19)13-11-21(30)27-12-5-9-18(27)22(31)26-23-25-16-7-2-4-10-20(16)32-23/h1-4,6-8,10,14,18H,5,9,11-13H2,(H,25,26,31). The minimum Gasteiger partial charge on any atom is -0.331 e. The molecule has 1 N–H and O–H groups in total. The lowest BCUT2D eigenvalue weighted by Gasteiger charge is -2.23. The van der Waals surface area contributed by atoms with Crippen molar-refractivity contribution in [3.8, 4) is 0 Å². The highest BCUT2D eigenvalue weighted by molar-refractivity contribution is 7.22. The van der Waals surface area contributed by atoms with E-state index in [-0.39, 0.29) is 23.7 Å². The number of carbonyl (C=O) groups excluding carboxylic acids is 2. The van der Waals surface area contributed by atoms with Crippen LogP contribution in [0.2, 0.25) is 0 Å². The molecule has 2 aromatic carbocycles. The Labute approximate surface area is 187 Å². The highest BCUT2D eigenvalue weighted by atomic mass is 32.1. The van der Waals surface area contributed by atoms with Crippen LogP contribution < -0.4 is 10.7 Å². The van der Waals surface area contributed by atoms with E-state index in [4.69, 9.17) is 0 Å². The van der Waals surface area contributed by atoms with Crippen LogP contribution in [0.1, 0.15) is 19.3 Å². The maximum absolute atomic E-state index is 13.0. The molecule has 9 heteroatoms. The van der Waals surface area contributed by atoms with Gasteiger partial charge < -0.3 is 10.2 Å². The molecule has 1 unspecified atom stereocenters. The number of thiazole rings is 1. The second kappa shape index (κ2) is 8.51. The predicted molar refractivity (Wildman–Crippen MR) is 124 cm³/mol. The molecule has 0 saturated carbocycles. The predicted octanol–water partition coefficient (Wildman–Crippen LogP) is 3.03. The lowest BCUT2D eigenvalue weighted by atomic mass is 10.2. The molecule has 0 radical (unpaired) electrons. The number of rotatable bonds is 5. The van der Waals surface area contributed by atoms with Gasteiger partial charge in [0.2, 0.25) is 17.2 Å². The molecule has 8 nitrogen and oxygen atoms in total. The number of anilines is 1. The minimum absolute atomic E-state index is 0.100. The molecule has 2 amide bonds. The molecule has 162 valence electrons. The molecule has 1 atom stereocenters. The van der Waals surface area contributed by atoms with Gasteiger partial charge in [-0.2, -0.15) is 5.10 Å². The van der Waals surface area contributed by atoms with E-state index in [2.05, 4.69) is 15.4 Å². The lowest BCUT2D eigenvalue weighted by molar-refractivity contribution is -0.136. The summed E-state index contributed by atoms with van der Waals surface area (Å²) in [7, 11) is 0. The smallest absolute Gasteiger partial charge is 0.248 e. The quantitative estimate of drug-likeness (QED) is 0.507. The highest BCUT2D eigenvalue weighted by Crippen LogP contribution is 2.27. The Bertz CT molecular complexity index is 1350. The summed E-state index contributed by atoms with van der Waals surface area (Å²) in [4.78, 5) is 44.0. The van der Waals surface area contributed by atoms with Gasteiger partial charge in [-0.25, -0.2) is 4.98 Å². The van der Waals surface area contributed by atoms with Crippen LogP contribution in [0.4, 0.5) is 5.13 Å². The van der Waals surface area contributed by atoms with Crippen molar-refractivity contribution in [2.75, 3.05) is 11.9 Å². The molecule has 1 aliphatic rings. The van der Waals surface area contributed by atoms with Gasteiger partial charge in [-0.15, -0.1) is 0 Å². The molecule has 2 aromatic heterocycles. The van der Waals surface area contributed by atoms with E-state index in [1.54, 1.807) is 21.7 Å². The van der Waals surface area contributed by atoms with Crippen molar-refractivity contribution in [2.24, 2.45) is 0 Å². The summed E-state index contributed by atoms with van der Waals surface area (Å²) in [6, 6.07) is 14.4. The molecule has 1 aliphatic heterocycles. The summed E-state index contributed by atoms with van der Waals surface area (Å²) in [6.07, 6.45) is 2.88. The van der Waals surface area contributed by atoms with Crippen LogP contribution in [0.25, 0.3) is 21.1 Å². The average Bonchev–Trinajstić information content (AvgIpc) is 3.45. The number of likely N-dealkylation sites (tertiary alicyclic amines) is 1. The van der Waals surface area contributed by atoms with Gasteiger partial charge in [0.05, 0.1) is 28.5 Å². The van der Waals surface area contributed by atoms with Gasteiger partial charge in [-0.1, -0.05) is 35.6 Å². The topological polar surface area (TPSA) is 97.2 Å². The molecule has 5 rings (SSSR count). The third-order valence-corrected chi connectivity index (χ3v) is 6.65.